The van der Waals surface area contributed by atoms with Crippen LogP contribution in [0.4, 0.5) is 0 Å². The van der Waals surface area contributed by atoms with E-state index in [1.54, 1.807) is 19.1 Å². The van der Waals surface area contributed by atoms with Gasteiger partial charge in [0.2, 0.25) is 10.0 Å². The standard InChI is InChI=1S/C12H15NO4S2/c1-7-5-11(8(2)18-7)19(16,17)13-10-4-3-9(6-10)12(14)15/h3-5,9-10,13H,6H2,1-2H3,(H,14,15). The van der Waals surface area contributed by atoms with E-state index in [0.717, 1.165) is 9.75 Å². The lowest BCUT2D eigenvalue weighted by molar-refractivity contribution is -0.140. The average Bonchev–Trinajstić information content (AvgIpc) is 2.85. The summed E-state index contributed by atoms with van der Waals surface area (Å²) < 4.78 is 27.0. The van der Waals surface area contributed by atoms with Crippen molar-refractivity contribution in [3.8, 4) is 0 Å². The van der Waals surface area contributed by atoms with Crippen molar-refractivity contribution >= 4 is 27.3 Å². The number of sulfonamides is 1. The minimum Gasteiger partial charge on any atom is -0.481 e. The number of nitrogens with one attached hydrogen (secondary N) is 1. The van der Waals surface area contributed by atoms with Crippen molar-refractivity contribution in [2.45, 2.75) is 31.2 Å². The Morgan fingerprint density at radius 3 is 2.58 bits per heavy atom. The topological polar surface area (TPSA) is 83.5 Å². The molecule has 0 bridgehead atoms. The molecule has 1 aromatic rings. The zero-order valence-electron chi connectivity index (χ0n) is 10.6. The number of hydrogen-bond acceptors (Lipinski definition) is 4. The van der Waals surface area contributed by atoms with E-state index in [4.69, 9.17) is 5.11 Å². The number of hydrogen-bond donors (Lipinski definition) is 2. The molecule has 0 spiro atoms. The SMILES string of the molecule is Cc1cc(S(=O)(=O)NC2C=CC(C(=O)O)C2)c(C)s1. The van der Waals surface area contributed by atoms with Crippen molar-refractivity contribution < 1.29 is 18.3 Å². The second-order valence-electron chi connectivity index (χ2n) is 4.57. The fourth-order valence-corrected chi connectivity index (χ4v) is 4.87. The van der Waals surface area contributed by atoms with Gasteiger partial charge in [-0.25, -0.2) is 13.1 Å². The Balaban J connectivity index is 2.14. The minimum atomic E-state index is -3.59. The van der Waals surface area contributed by atoms with Gasteiger partial charge >= 0.3 is 5.97 Å². The molecule has 1 aromatic heterocycles. The van der Waals surface area contributed by atoms with Crippen LogP contribution in [0.15, 0.2) is 23.1 Å². The number of thiophene rings is 1. The van der Waals surface area contributed by atoms with Gasteiger partial charge in [0, 0.05) is 15.8 Å². The van der Waals surface area contributed by atoms with Crippen molar-refractivity contribution in [2.24, 2.45) is 5.92 Å². The van der Waals surface area contributed by atoms with E-state index < -0.39 is 28.0 Å². The van der Waals surface area contributed by atoms with Gasteiger partial charge in [-0.2, -0.15) is 0 Å². The van der Waals surface area contributed by atoms with Gasteiger partial charge in [-0.3, -0.25) is 4.79 Å². The van der Waals surface area contributed by atoms with Crippen molar-refractivity contribution in [3.63, 3.8) is 0 Å². The van der Waals surface area contributed by atoms with Gasteiger partial charge in [0.15, 0.2) is 0 Å². The molecule has 0 saturated carbocycles. The minimum absolute atomic E-state index is 0.261. The van der Waals surface area contributed by atoms with E-state index in [1.807, 2.05) is 6.92 Å². The highest BCUT2D eigenvalue weighted by atomic mass is 32.2. The third-order valence-corrected chi connectivity index (χ3v) is 5.70. The van der Waals surface area contributed by atoms with Crippen LogP contribution in [0.25, 0.3) is 0 Å². The predicted molar refractivity (Wildman–Crippen MR) is 72.8 cm³/mol. The van der Waals surface area contributed by atoms with E-state index in [1.165, 1.54) is 17.4 Å². The summed E-state index contributed by atoms with van der Waals surface area (Å²) in [5, 5.41) is 8.87. The largest absolute Gasteiger partial charge is 0.481 e. The van der Waals surface area contributed by atoms with Crippen LogP contribution >= 0.6 is 11.3 Å². The molecule has 0 fully saturated rings. The Morgan fingerprint density at radius 2 is 2.11 bits per heavy atom. The maximum Gasteiger partial charge on any atom is 0.310 e. The van der Waals surface area contributed by atoms with Gasteiger partial charge in [0.25, 0.3) is 0 Å². The highest BCUT2D eigenvalue weighted by Crippen LogP contribution is 2.26. The summed E-state index contributed by atoms with van der Waals surface area (Å²) in [7, 11) is -3.59. The molecule has 1 aliphatic carbocycles. The number of carboxylic acids is 1. The molecule has 2 atom stereocenters. The molecule has 0 amide bonds. The molecule has 0 saturated heterocycles. The van der Waals surface area contributed by atoms with Gasteiger partial charge in [-0.15, -0.1) is 11.3 Å². The Bertz CT molecular complexity index is 630. The number of carboxylic acid groups (broad SMARTS) is 1. The molecule has 7 heteroatoms. The summed E-state index contributed by atoms with van der Waals surface area (Å²) in [4.78, 5) is 12.8. The first kappa shape index (κ1) is 14.2. The van der Waals surface area contributed by atoms with Gasteiger partial charge in [-0.1, -0.05) is 12.2 Å². The number of aryl methyl sites for hydroxylation is 2. The normalized spacial score (nSPS) is 22.8. The fraction of sp³-hybridized carbons (Fsp3) is 0.417. The molecule has 2 unspecified atom stereocenters. The molecule has 1 heterocycles. The number of aliphatic carboxylic acids is 1. The van der Waals surface area contributed by atoms with E-state index in [0.29, 0.717) is 0 Å². The molecule has 104 valence electrons. The molecule has 2 rings (SSSR count). The second-order valence-corrected chi connectivity index (χ2v) is 7.71. The van der Waals surface area contributed by atoms with Crippen LogP contribution in [0.3, 0.4) is 0 Å². The molecular formula is C12H15NO4S2. The summed E-state index contributed by atoms with van der Waals surface area (Å²) in [5.41, 5.74) is 0. The van der Waals surface area contributed by atoms with Crippen LogP contribution < -0.4 is 4.72 Å². The van der Waals surface area contributed by atoms with Crippen LogP contribution in [0.5, 0.6) is 0 Å². The quantitative estimate of drug-likeness (QED) is 0.829. The van der Waals surface area contributed by atoms with Crippen LogP contribution in [0, 0.1) is 19.8 Å². The first-order valence-electron chi connectivity index (χ1n) is 5.80. The highest BCUT2D eigenvalue weighted by molar-refractivity contribution is 7.89. The Morgan fingerprint density at radius 1 is 1.42 bits per heavy atom. The highest BCUT2D eigenvalue weighted by Gasteiger charge is 2.29. The first-order valence-corrected chi connectivity index (χ1v) is 8.10. The van der Waals surface area contributed by atoms with Crippen molar-refractivity contribution in [2.75, 3.05) is 0 Å². The van der Waals surface area contributed by atoms with Gasteiger partial charge < -0.3 is 5.11 Å². The van der Waals surface area contributed by atoms with E-state index in [2.05, 4.69) is 4.72 Å². The molecule has 0 radical (unpaired) electrons. The van der Waals surface area contributed by atoms with E-state index in [9.17, 15) is 13.2 Å². The van der Waals surface area contributed by atoms with Gasteiger partial charge in [-0.05, 0) is 26.3 Å². The van der Waals surface area contributed by atoms with Gasteiger partial charge in [0.05, 0.1) is 10.8 Å². The lowest BCUT2D eigenvalue weighted by Crippen LogP contribution is -2.33. The van der Waals surface area contributed by atoms with E-state index in [-0.39, 0.29) is 11.3 Å². The fourth-order valence-electron chi connectivity index (χ4n) is 2.11. The summed E-state index contributed by atoms with van der Waals surface area (Å²) in [6.07, 6.45) is 3.39. The smallest absolute Gasteiger partial charge is 0.310 e. The number of carbonyl (C=O) groups is 1. The average molecular weight is 301 g/mol. The molecular weight excluding hydrogens is 286 g/mol. The lowest BCUT2D eigenvalue weighted by atomic mass is 10.1. The summed E-state index contributed by atoms with van der Waals surface area (Å²) >= 11 is 1.43. The molecule has 0 aliphatic heterocycles. The van der Waals surface area contributed by atoms with Crippen LogP contribution in [-0.2, 0) is 14.8 Å². The van der Waals surface area contributed by atoms with Crippen LogP contribution in [0.2, 0.25) is 0 Å². The molecule has 19 heavy (non-hydrogen) atoms. The Kier molecular flexibility index (Phi) is 3.80. The summed E-state index contributed by atoms with van der Waals surface area (Å²) in [5.74, 6) is -1.54. The molecule has 1 aliphatic rings. The van der Waals surface area contributed by atoms with Crippen molar-refractivity contribution in [3.05, 3.63) is 28.0 Å². The molecule has 5 nitrogen and oxygen atoms in total. The van der Waals surface area contributed by atoms with Crippen molar-refractivity contribution in [1.29, 1.82) is 0 Å². The lowest BCUT2D eigenvalue weighted by Gasteiger charge is -2.12. The Hall–Kier alpha value is -1.18. The van der Waals surface area contributed by atoms with Gasteiger partial charge in [0.1, 0.15) is 0 Å². The second kappa shape index (κ2) is 5.07. The third kappa shape index (κ3) is 3.05. The predicted octanol–water partition coefficient (Wildman–Crippen LogP) is 1.67. The zero-order valence-corrected chi connectivity index (χ0v) is 12.2. The molecule has 0 aromatic carbocycles. The monoisotopic (exact) mass is 301 g/mol. The van der Waals surface area contributed by atoms with E-state index >= 15 is 0 Å². The van der Waals surface area contributed by atoms with Crippen molar-refractivity contribution in [1.82, 2.24) is 4.72 Å². The maximum absolute atomic E-state index is 12.2. The Labute approximate surface area is 116 Å². The number of rotatable bonds is 4. The summed E-state index contributed by atoms with van der Waals surface area (Å²) in [6.45, 7) is 3.61. The maximum atomic E-state index is 12.2. The molecule has 2 N–H and O–H groups in total. The van der Waals surface area contributed by atoms with Crippen LogP contribution in [-0.4, -0.2) is 25.5 Å². The third-order valence-electron chi connectivity index (χ3n) is 2.99. The summed E-state index contributed by atoms with van der Waals surface area (Å²) in [6, 6.07) is 1.18. The zero-order chi connectivity index (χ0) is 14.2. The first-order chi connectivity index (χ1) is 8.79. The van der Waals surface area contributed by atoms with Crippen LogP contribution in [0.1, 0.15) is 16.2 Å².